The molecule has 0 saturated carbocycles. The third-order valence-corrected chi connectivity index (χ3v) is 2.95. The van der Waals surface area contributed by atoms with Gasteiger partial charge in [0, 0.05) is 29.0 Å². The molecule has 0 unspecified atom stereocenters. The maximum absolute atomic E-state index is 6.07. The van der Waals surface area contributed by atoms with Gasteiger partial charge in [0.15, 0.2) is 0 Å². The monoisotopic (exact) mass is 247 g/mol. The molecule has 4 heteroatoms. The van der Waals surface area contributed by atoms with Crippen LogP contribution in [0.4, 0.5) is 11.5 Å². The van der Waals surface area contributed by atoms with Crippen LogP contribution in [0, 0.1) is 6.92 Å². The Kier molecular flexibility index (Phi) is 3.61. The highest BCUT2D eigenvalue weighted by Crippen LogP contribution is 2.23. The number of nitrogens with zero attached hydrogens (tertiary/aromatic N) is 1. The fourth-order valence-corrected chi connectivity index (χ4v) is 1.70. The van der Waals surface area contributed by atoms with Crippen LogP contribution in [0.1, 0.15) is 11.1 Å². The first-order chi connectivity index (χ1) is 8.20. The number of rotatable bonds is 3. The number of anilines is 2. The molecule has 0 fully saturated rings. The van der Waals surface area contributed by atoms with Gasteiger partial charge in [0.1, 0.15) is 5.82 Å². The highest BCUT2D eigenvalue weighted by molar-refractivity contribution is 6.31. The zero-order valence-corrected chi connectivity index (χ0v) is 10.3. The van der Waals surface area contributed by atoms with Gasteiger partial charge in [-0.3, -0.25) is 0 Å². The molecular formula is C13H14ClN3. The van der Waals surface area contributed by atoms with Crippen LogP contribution >= 0.6 is 11.6 Å². The minimum absolute atomic E-state index is 0.454. The number of nitrogens with one attached hydrogen (secondary N) is 1. The summed E-state index contributed by atoms with van der Waals surface area (Å²) >= 11 is 6.07. The van der Waals surface area contributed by atoms with Crippen LogP contribution in [0.15, 0.2) is 36.5 Å². The van der Waals surface area contributed by atoms with Crippen LogP contribution in [-0.4, -0.2) is 4.98 Å². The molecule has 0 spiro atoms. The lowest BCUT2D eigenvalue weighted by atomic mass is 10.2. The van der Waals surface area contributed by atoms with Crippen LogP contribution in [0.2, 0.25) is 5.02 Å². The predicted molar refractivity (Wildman–Crippen MR) is 71.6 cm³/mol. The molecule has 0 atom stereocenters. The third-order valence-electron chi connectivity index (χ3n) is 2.55. The first-order valence-electron chi connectivity index (χ1n) is 5.38. The van der Waals surface area contributed by atoms with Gasteiger partial charge in [0.25, 0.3) is 0 Å². The van der Waals surface area contributed by atoms with E-state index in [1.807, 2.05) is 37.3 Å². The number of hydrogen-bond acceptors (Lipinski definition) is 3. The predicted octanol–water partition coefficient (Wildman–Crippen LogP) is 3.25. The topological polar surface area (TPSA) is 50.9 Å². The van der Waals surface area contributed by atoms with Crippen LogP contribution in [0.25, 0.3) is 0 Å². The van der Waals surface area contributed by atoms with Crippen LogP contribution in [-0.2, 0) is 6.54 Å². The highest BCUT2D eigenvalue weighted by atomic mass is 35.5. The molecule has 0 saturated heterocycles. The van der Waals surface area contributed by atoms with Crippen LogP contribution < -0.4 is 11.1 Å². The van der Waals surface area contributed by atoms with Crippen molar-refractivity contribution in [3.63, 3.8) is 0 Å². The van der Waals surface area contributed by atoms with Crippen molar-refractivity contribution in [2.75, 3.05) is 5.32 Å². The second-order valence-electron chi connectivity index (χ2n) is 3.80. The molecule has 0 radical (unpaired) electrons. The normalized spacial score (nSPS) is 10.3. The summed E-state index contributed by atoms with van der Waals surface area (Å²) in [6.07, 6.45) is 1.73. The molecule has 2 aromatic rings. The second-order valence-corrected chi connectivity index (χ2v) is 4.21. The van der Waals surface area contributed by atoms with Crippen molar-refractivity contribution in [1.82, 2.24) is 4.98 Å². The minimum atomic E-state index is 0.454. The van der Waals surface area contributed by atoms with Gasteiger partial charge in [-0.2, -0.15) is 0 Å². The summed E-state index contributed by atoms with van der Waals surface area (Å²) in [5, 5.41) is 3.95. The molecule has 3 nitrogen and oxygen atoms in total. The van der Waals surface area contributed by atoms with E-state index in [0.29, 0.717) is 6.54 Å². The third kappa shape index (κ3) is 2.75. The largest absolute Gasteiger partial charge is 0.340 e. The number of halogens is 1. The molecule has 1 aromatic heterocycles. The molecule has 0 bridgehead atoms. The SMILES string of the molecule is Cc1ccc(Nc2ncccc2CN)cc1Cl. The Hall–Kier alpha value is -1.58. The lowest BCUT2D eigenvalue weighted by Gasteiger charge is -2.10. The van der Waals surface area contributed by atoms with E-state index >= 15 is 0 Å². The zero-order valence-electron chi connectivity index (χ0n) is 9.57. The molecule has 1 heterocycles. The molecule has 2 rings (SSSR count). The molecule has 0 aliphatic rings. The van der Waals surface area contributed by atoms with Crippen molar-refractivity contribution in [3.05, 3.63) is 52.7 Å². The number of hydrogen-bond donors (Lipinski definition) is 2. The van der Waals surface area contributed by atoms with Crippen molar-refractivity contribution >= 4 is 23.1 Å². The smallest absolute Gasteiger partial charge is 0.134 e. The Balaban J connectivity index is 2.28. The van der Waals surface area contributed by atoms with Gasteiger partial charge < -0.3 is 11.1 Å². The average molecular weight is 248 g/mol. The lowest BCUT2D eigenvalue weighted by Crippen LogP contribution is -2.03. The number of pyridine rings is 1. The van der Waals surface area contributed by atoms with Gasteiger partial charge in [-0.1, -0.05) is 23.7 Å². The molecule has 3 N–H and O–H groups in total. The molecular weight excluding hydrogens is 234 g/mol. The standard InChI is InChI=1S/C13H14ClN3/c1-9-4-5-11(7-12(9)14)17-13-10(8-15)3-2-6-16-13/h2-7H,8,15H2,1H3,(H,16,17). The first-order valence-corrected chi connectivity index (χ1v) is 5.75. The van der Waals surface area contributed by atoms with Gasteiger partial charge in [0.05, 0.1) is 0 Å². The Morgan fingerprint density at radius 1 is 1.35 bits per heavy atom. The fourth-order valence-electron chi connectivity index (χ4n) is 1.52. The van der Waals surface area contributed by atoms with Crippen LogP contribution in [0.3, 0.4) is 0 Å². The average Bonchev–Trinajstić information content (AvgIpc) is 2.34. The number of nitrogens with two attached hydrogens (primary N) is 1. The first kappa shape index (κ1) is 11.9. The van der Waals surface area contributed by atoms with Gasteiger partial charge in [-0.15, -0.1) is 0 Å². The minimum Gasteiger partial charge on any atom is -0.340 e. The highest BCUT2D eigenvalue weighted by Gasteiger charge is 2.03. The molecule has 0 aliphatic heterocycles. The maximum atomic E-state index is 6.07. The quantitative estimate of drug-likeness (QED) is 0.876. The van der Waals surface area contributed by atoms with Gasteiger partial charge in [-0.05, 0) is 30.7 Å². The Morgan fingerprint density at radius 2 is 2.18 bits per heavy atom. The van der Waals surface area contributed by atoms with Gasteiger partial charge >= 0.3 is 0 Å². The Bertz CT molecular complexity index is 526. The molecule has 1 aromatic carbocycles. The van der Waals surface area contributed by atoms with Crippen molar-refractivity contribution in [2.45, 2.75) is 13.5 Å². The van der Waals surface area contributed by atoms with Crippen molar-refractivity contribution < 1.29 is 0 Å². The molecule has 17 heavy (non-hydrogen) atoms. The van der Waals surface area contributed by atoms with Crippen LogP contribution in [0.5, 0.6) is 0 Å². The molecule has 88 valence electrons. The zero-order chi connectivity index (χ0) is 12.3. The summed E-state index contributed by atoms with van der Waals surface area (Å²) in [7, 11) is 0. The van der Waals surface area contributed by atoms with E-state index in [2.05, 4.69) is 10.3 Å². The van der Waals surface area contributed by atoms with Gasteiger partial charge in [-0.25, -0.2) is 4.98 Å². The van der Waals surface area contributed by atoms with E-state index in [-0.39, 0.29) is 0 Å². The number of aromatic nitrogens is 1. The van der Waals surface area contributed by atoms with E-state index in [1.165, 1.54) is 0 Å². The Morgan fingerprint density at radius 3 is 2.88 bits per heavy atom. The second kappa shape index (κ2) is 5.17. The summed E-state index contributed by atoms with van der Waals surface area (Å²) < 4.78 is 0. The summed E-state index contributed by atoms with van der Waals surface area (Å²) in [5.74, 6) is 0.773. The van der Waals surface area contributed by atoms with E-state index in [4.69, 9.17) is 17.3 Å². The maximum Gasteiger partial charge on any atom is 0.134 e. The number of aryl methyl sites for hydroxylation is 1. The summed E-state index contributed by atoms with van der Waals surface area (Å²) in [6.45, 7) is 2.42. The van der Waals surface area contributed by atoms with Gasteiger partial charge in [0.2, 0.25) is 0 Å². The van der Waals surface area contributed by atoms with Crippen molar-refractivity contribution in [2.24, 2.45) is 5.73 Å². The summed E-state index contributed by atoms with van der Waals surface area (Å²) in [5.41, 5.74) is 8.59. The van der Waals surface area contributed by atoms with E-state index in [1.54, 1.807) is 6.20 Å². The van der Waals surface area contributed by atoms with Crippen molar-refractivity contribution in [1.29, 1.82) is 0 Å². The molecule has 0 aliphatic carbocycles. The van der Waals surface area contributed by atoms with E-state index in [0.717, 1.165) is 27.7 Å². The van der Waals surface area contributed by atoms with Crippen molar-refractivity contribution in [3.8, 4) is 0 Å². The van der Waals surface area contributed by atoms with E-state index in [9.17, 15) is 0 Å². The summed E-state index contributed by atoms with van der Waals surface area (Å²) in [6, 6.07) is 9.64. The number of benzene rings is 1. The Labute approximate surface area is 106 Å². The lowest BCUT2D eigenvalue weighted by molar-refractivity contribution is 1.05. The van der Waals surface area contributed by atoms with E-state index < -0.39 is 0 Å². The molecule has 0 amide bonds. The fraction of sp³-hybridized carbons (Fsp3) is 0.154. The summed E-state index contributed by atoms with van der Waals surface area (Å²) in [4.78, 5) is 4.26.